The van der Waals surface area contributed by atoms with Gasteiger partial charge in [0, 0.05) is 19.2 Å². The van der Waals surface area contributed by atoms with Crippen LogP contribution in [0.4, 0.5) is 5.82 Å². The molecule has 0 aromatic carbocycles. The average Bonchev–Trinajstić information content (AvgIpc) is 3.11. The summed E-state index contributed by atoms with van der Waals surface area (Å²) in [5.41, 5.74) is 1.11. The number of imidazole rings is 1. The van der Waals surface area contributed by atoms with Gasteiger partial charge < -0.3 is 15.7 Å². The van der Waals surface area contributed by atoms with Crippen LogP contribution in [0.15, 0.2) is 24.4 Å². The van der Waals surface area contributed by atoms with Crippen molar-refractivity contribution in [3.05, 3.63) is 30.1 Å². The maximum absolute atomic E-state index is 13.0. The van der Waals surface area contributed by atoms with Crippen molar-refractivity contribution in [3.8, 4) is 0 Å². The smallest absolute Gasteiger partial charge is 0.271 e. The molecule has 1 unspecified atom stereocenters. The molecule has 4 aliphatic rings. The second-order valence-electron chi connectivity index (χ2n) is 10.3. The quantitative estimate of drug-likeness (QED) is 0.635. The molecule has 2 aromatic rings. The second kappa shape index (κ2) is 7.93. The lowest BCUT2D eigenvalue weighted by atomic mass is 9.49. The van der Waals surface area contributed by atoms with E-state index in [1.165, 1.54) is 38.5 Å². The fourth-order valence-corrected chi connectivity index (χ4v) is 6.74. The van der Waals surface area contributed by atoms with Crippen molar-refractivity contribution < 1.29 is 14.7 Å². The van der Waals surface area contributed by atoms with Gasteiger partial charge in [-0.1, -0.05) is 6.07 Å². The van der Waals surface area contributed by atoms with Crippen LogP contribution in [0.25, 0.3) is 5.65 Å². The Labute approximate surface area is 182 Å². The van der Waals surface area contributed by atoms with Gasteiger partial charge in [-0.05, 0) is 87.2 Å². The van der Waals surface area contributed by atoms with Crippen LogP contribution >= 0.6 is 0 Å². The number of carbonyl (C=O) groups excluding carboxylic acids is 2. The van der Waals surface area contributed by atoms with Crippen LogP contribution in [-0.4, -0.2) is 39.0 Å². The third kappa shape index (κ3) is 4.20. The number of aliphatic hydroxyl groups is 1. The topological polar surface area (TPSA) is 95.7 Å². The predicted molar refractivity (Wildman–Crippen MR) is 118 cm³/mol. The largest absolute Gasteiger partial charge is 0.393 e. The van der Waals surface area contributed by atoms with Gasteiger partial charge in [-0.25, -0.2) is 4.98 Å². The Kier molecular flexibility index (Phi) is 5.24. The second-order valence-corrected chi connectivity index (χ2v) is 10.3. The summed E-state index contributed by atoms with van der Waals surface area (Å²) in [7, 11) is 0. The summed E-state index contributed by atoms with van der Waals surface area (Å²) >= 11 is 0. The Morgan fingerprint density at radius 3 is 2.52 bits per heavy atom. The number of nitrogens with zero attached hydrogens (tertiary/aromatic N) is 2. The molecule has 31 heavy (non-hydrogen) atoms. The number of nitrogens with one attached hydrogen (secondary N) is 2. The van der Waals surface area contributed by atoms with E-state index in [0.29, 0.717) is 36.5 Å². The number of aromatic nitrogens is 2. The predicted octanol–water partition coefficient (Wildman–Crippen LogP) is 3.38. The van der Waals surface area contributed by atoms with Crippen LogP contribution in [-0.2, 0) is 4.79 Å². The lowest BCUT2D eigenvalue weighted by Crippen LogP contribution is -2.47. The van der Waals surface area contributed by atoms with E-state index in [2.05, 4.69) is 15.6 Å². The van der Waals surface area contributed by atoms with Crippen molar-refractivity contribution >= 4 is 23.3 Å². The molecule has 0 spiro atoms. The highest BCUT2D eigenvalue weighted by Crippen LogP contribution is 2.61. The minimum absolute atomic E-state index is 0.0612. The summed E-state index contributed by atoms with van der Waals surface area (Å²) in [6.07, 6.45) is 10.0. The van der Waals surface area contributed by atoms with E-state index >= 15 is 0 Å². The number of pyridine rings is 1. The lowest BCUT2D eigenvalue weighted by Gasteiger charge is -2.56. The first-order valence-corrected chi connectivity index (χ1v) is 11.6. The number of fused-ring (bicyclic) bond motifs is 1. The summed E-state index contributed by atoms with van der Waals surface area (Å²) in [5.74, 6) is 2.90. The Hall–Kier alpha value is -2.41. The summed E-state index contributed by atoms with van der Waals surface area (Å²) in [6.45, 7) is 2.08. The first kappa shape index (κ1) is 20.5. The van der Waals surface area contributed by atoms with Gasteiger partial charge in [-0.2, -0.15) is 0 Å². The zero-order chi connectivity index (χ0) is 21.6. The Morgan fingerprint density at radius 2 is 1.87 bits per heavy atom. The van der Waals surface area contributed by atoms with E-state index in [4.69, 9.17) is 0 Å². The van der Waals surface area contributed by atoms with Crippen LogP contribution in [0, 0.1) is 23.2 Å². The van der Waals surface area contributed by atoms with Crippen LogP contribution in [0.3, 0.4) is 0 Å². The van der Waals surface area contributed by atoms with Crippen molar-refractivity contribution in [3.63, 3.8) is 0 Å². The molecule has 4 aliphatic carbocycles. The first-order chi connectivity index (χ1) is 14.9. The van der Waals surface area contributed by atoms with Crippen molar-refractivity contribution in [2.24, 2.45) is 23.2 Å². The van der Waals surface area contributed by atoms with Crippen LogP contribution in [0.1, 0.15) is 68.8 Å². The highest BCUT2D eigenvalue weighted by Gasteiger charge is 2.51. The molecule has 0 saturated heterocycles. The van der Waals surface area contributed by atoms with Gasteiger partial charge >= 0.3 is 0 Å². The number of amides is 2. The molecular weight excluding hydrogens is 392 g/mol. The number of anilines is 1. The third-order valence-corrected chi connectivity index (χ3v) is 7.54. The van der Waals surface area contributed by atoms with Crippen molar-refractivity contribution in [1.29, 1.82) is 0 Å². The number of carbonyl (C=O) groups is 2. The Morgan fingerprint density at radius 1 is 1.19 bits per heavy atom. The fourth-order valence-electron chi connectivity index (χ4n) is 6.74. The van der Waals surface area contributed by atoms with E-state index in [1.807, 2.05) is 18.2 Å². The molecule has 2 amide bonds. The van der Waals surface area contributed by atoms with Gasteiger partial charge in [0.1, 0.15) is 17.2 Å². The minimum atomic E-state index is -0.461. The molecule has 0 aliphatic heterocycles. The minimum Gasteiger partial charge on any atom is -0.393 e. The van der Waals surface area contributed by atoms with E-state index < -0.39 is 6.10 Å². The van der Waals surface area contributed by atoms with Gasteiger partial charge in [0.25, 0.3) is 5.91 Å². The van der Waals surface area contributed by atoms with Crippen molar-refractivity contribution in [2.75, 3.05) is 11.9 Å². The van der Waals surface area contributed by atoms with Gasteiger partial charge in [0.15, 0.2) is 0 Å². The summed E-state index contributed by atoms with van der Waals surface area (Å²) in [5, 5.41) is 15.2. The standard InChI is InChI=1S/C24H32N4O3/c1-15(29)5-6-25-23(31)19-14-28-20(26-19)3-2-4-21(28)27-22(30)13-24-10-16-7-17(11-24)9-18(8-16)12-24/h2-4,14-18,29H,5-13H2,1H3,(H,25,31)(H,27,30). The fraction of sp³-hybridized carbons (Fsp3) is 0.625. The van der Waals surface area contributed by atoms with Crippen LogP contribution in [0.5, 0.6) is 0 Å². The molecule has 166 valence electrons. The zero-order valence-corrected chi connectivity index (χ0v) is 18.1. The maximum Gasteiger partial charge on any atom is 0.271 e. The zero-order valence-electron chi connectivity index (χ0n) is 18.1. The van der Waals surface area contributed by atoms with Gasteiger partial charge in [-0.15, -0.1) is 0 Å². The highest BCUT2D eigenvalue weighted by molar-refractivity contribution is 5.94. The molecule has 2 heterocycles. The first-order valence-electron chi connectivity index (χ1n) is 11.6. The Bertz CT molecular complexity index is 961. The third-order valence-electron chi connectivity index (χ3n) is 7.54. The van der Waals surface area contributed by atoms with E-state index in [-0.39, 0.29) is 17.2 Å². The average molecular weight is 425 g/mol. The van der Waals surface area contributed by atoms with Crippen molar-refractivity contribution in [2.45, 2.75) is 64.4 Å². The van der Waals surface area contributed by atoms with Gasteiger partial charge in [-0.3, -0.25) is 14.0 Å². The number of aliphatic hydroxyl groups excluding tert-OH is 1. The monoisotopic (exact) mass is 424 g/mol. The van der Waals surface area contributed by atoms with E-state index in [9.17, 15) is 14.7 Å². The van der Waals surface area contributed by atoms with Crippen LogP contribution in [0.2, 0.25) is 0 Å². The lowest BCUT2D eigenvalue weighted by molar-refractivity contribution is -0.124. The molecule has 4 fully saturated rings. The highest BCUT2D eigenvalue weighted by atomic mass is 16.3. The van der Waals surface area contributed by atoms with Crippen molar-refractivity contribution in [1.82, 2.24) is 14.7 Å². The molecule has 4 bridgehead atoms. The molecule has 1 atom stereocenters. The molecule has 2 aromatic heterocycles. The SMILES string of the molecule is CC(O)CCNC(=O)c1cn2c(NC(=O)CC34CC5CC(CC(C5)C3)C4)cccc2n1. The molecule has 0 radical (unpaired) electrons. The van der Waals surface area contributed by atoms with E-state index in [0.717, 1.165) is 17.8 Å². The van der Waals surface area contributed by atoms with Crippen LogP contribution < -0.4 is 10.6 Å². The molecule has 7 nitrogen and oxygen atoms in total. The molecule has 4 saturated carbocycles. The molecule has 3 N–H and O–H groups in total. The van der Waals surface area contributed by atoms with Gasteiger partial charge in [0.2, 0.25) is 5.91 Å². The maximum atomic E-state index is 13.0. The number of hydrogen-bond acceptors (Lipinski definition) is 4. The number of rotatable bonds is 7. The summed E-state index contributed by atoms with van der Waals surface area (Å²) < 4.78 is 1.77. The number of hydrogen-bond donors (Lipinski definition) is 3. The Balaban J connectivity index is 1.27. The normalized spacial score (nSPS) is 29.8. The van der Waals surface area contributed by atoms with Gasteiger partial charge in [0.05, 0.1) is 6.10 Å². The summed E-state index contributed by atoms with van der Waals surface area (Å²) in [6, 6.07) is 5.51. The molecular formula is C24H32N4O3. The molecule has 7 heteroatoms. The van der Waals surface area contributed by atoms with E-state index in [1.54, 1.807) is 17.5 Å². The molecule has 6 rings (SSSR count). The summed E-state index contributed by atoms with van der Waals surface area (Å²) in [4.78, 5) is 29.8.